The van der Waals surface area contributed by atoms with Crippen LogP contribution in [0.1, 0.15) is 72.1 Å². The number of hydrogen-bond donors (Lipinski definition) is 0. The van der Waals surface area contributed by atoms with Crippen LogP contribution in [0.25, 0.3) is 0 Å². The first-order chi connectivity index (χ1) is 12.0. The van der Waals surface area contributed by atoms with Gasteiger partial charge in [-0.1, -0.05) is 25.5 Å². The van der Waals surface area contributed by atoms with E-state index in [-0.39, 0.29) is 5.79 Å². The van der Waals surface area contributed by atoms with Gasteiger partial charge in [0.1, 0.15) is 0 Å². The van der Waals surface area contributed by atoms with Gasteiger partial charge in [0.15, 0.2) is 5.79 Å². The minimum atomic E-state index is -0.331. The van der Waals surface area contributed by atoms with Crippen molar-refractivity contribution in [3.05, 3.63) is 11.6 Å². The molecule has 2 heteroatoms. The lowest BCUT2D eigenvalue weighted by molar-refractivity contribution is -0.273. The number of allylic oxidation sites excluding steroid dienone is 2. The maximum atomic E-state index is 5.91. The zero-order valence-corrected chi connectivity index (χ0v) is 17.0. The Balaban J connectivity index is 1.57. The lowest BCUT2D eigenvalue weighted by Gasteiger charge is -2.58. The maximum absolute atomic E-state index is 5.91. The van der Waals surface area contributed by atoms with Gasteiger partial charge in [0, 0.05) is 26.6 Å². The van der Waals surface area contributed by atoms with Gasteiger partial charge in [-0.2, -0.15) is 0 Å². The van der Waals surface area contributed by atoms with Gasteiger partial charge in [-0.15, -0.1) is 0 Å². The van der Waals surface area contributed by atoms with E-state index in [1.165, 1.54) is 44.9 Å². The number of hydrogen-bond acceptors (Lipinski definition) is 2. The molecule has 4 aliphatic rings. The molecule has 142 valence electrons. The Labute approximate surface area is 154 Å². The van der Waals surface area contributed by atoms with E-state index >= 15 is 0 Å². The minimum Gasteiger partial charge on any atom is -0.353 e. The second kappa shape index (κ2) is 6.37. The van der Waals surface area contributed by atoms with E-state index in [9.17, 15) is 0 Å². The molecule has 0 spiro atoms. The number of fused-ring (bicyclic) bond motifs is 5. The summed E-state index contributed by atoms with van der Waals surface area (Å²) in [5, 5.41) is 0. The number of rotatable bonds is 2. The number of ether oxygens (including phenoxy) is 2. The van der Waals surface area contributed by atoms with Gasteiger partial charge >= 0.3 is 0 Å². The molecule has 0 amide bonds. The fourth-order valence-electron chi connectivity index (χ4n) is 7.98. The summed E-state index contributed by atoms with van der Waals surface area (Å²) in [6, 6.07) is 0. The molecular weight excluding hydrogens is 308 g/mol. The molecule has 25 heavy (non-hydrogen) atoms. The summed E-state index contributed by atoms with van der Waals surface area (Å²) in [7, 11) is 3.68. The van der Waals surface area contributed by atoms with Crippen LogP contribution in [0, 0.1) is 40.9 Å². The van der Waals surface area contributed by atoms with Crippen molar-refractivity contribution in [1.82, 2.24) is 0 Å². The summed E-state index contributed by atoms with van der Waals surface area (Å²) in [5.41, 5.74) is 2.29. The minimum absolute atomic E-state index is 0.331. The molecule has 4 fully saturated rings. The smallest absolute Gasteiger partial charge is 0.170 e. The molecule has 0 aromatic carbocycles. The first kappa shape index (κ1) is 18.0. The Morgan fingerprint density at radius 1 is 1.00 bits per heavy atom. The van der Waals surface area contributed by atoms with Gasteiger partial charge < -0.3 is 9.47 Å². The van der Waals surface area contributed by atoms with E-state index in [0.717, 1.165) is 36.0 Å². The summed E-state index contributed by atoms with van der Waals surface area (Å²) < 4.78 is 11.8. The zero-order chi connectivity index (χ0) is 17.8. The van der Waals surface area contributed by atoms with Crippen molar-refractivity contribution in [3.63, 3.8) is 0 Å². The third-order valence-corrected chi connectivity index (χ3v) is 9.33. The summed E-state index contributed by atoms with van der Waals surface area (Å²) in [4.78, 5) is 0. The van der Waals surface area contributed by atoms with Crippen LogP contribution in [0.5, 0.6) is 0 Å². The van der Waals surface area contributed by atoms with Crippen LogP contribution in [0.3, 0.4) is 0 Å². The quantitative estimate of drug-likeness (QED) is 0.463. The van der Waals surface area contributed by atoms with Crippen LogP contribution in [-0.4, -0.2) is 20.0 Å². The van der Waals surface area contributed by atoms with E-state index in [1.54, 1.807) is 5.57 Å². The molecule has 0 heterocycles. The monoisotopic (exact) mass is 346 g/mol. The summed E-state index contributed by atoms with van der Waals surface area (Å²) in [6.45, 7) is 7.21. The molecule has 0 aromatic rings. The molecule has 0 bridgehead atoms. The molecule has 4 saturated carbocycles. The number of methoxy groups -OCH3 is 2. The second-order valence-corrected chi connectivity index (χ2v) is 9.81. The molecule has 0 aromatic heterocycles. The highest BCUT2D eigenvalue weighted by molar-refractivity contribution is 5.23. The maximum Gasteiger partial charge on any atom is 0.170 e. The van der Waals surface area contributed by atoms with Crippen LogP contribution in [0.2, 0.25) is 0 Å². The average molecular weight is 347 g/mol. The fourth-order valence-corrected chi connectivity index (χ4v) is 7.98. The molecule has 0 aliphatic heterocycles. The SMILES string of the molecule is CC=C1CC[C@H]2[C@@H]3CC[C@H]4CC(OC)(OC)[C@H](C)C[C@@H]4[C@H]3CC[C@]12C. The van der Waals surface area contributed by atoms with Crippen molar-refractivity contribution in [2.24, 2.45) is 40.9 Å². The molecule has 2 nitrogen and oxygen atoms in total. The summed E-state index contributed by atoms with van der Waals surface area (Å²) in [6.07, 6.45) is 13.4. The van der Waals surface area contributed by atoms with Crippen LogP contribution < -0.4 is 0 Å². The van der Waals surface area contributed by atoms with Crippen molar-refractivity contribution >= 4 is 0 Å². The van der Waals surface area contributed by atoms with Crippen molar-refractivity contribution in [2.45, 2.75) is 77.9 Å². The van der Waals surface area contributed by atoms with E-state index < -0.39 is 0 Å². The van der Waals surface area contributed by atoms with E-state index in [2.05, 4.69) is 26.8 Å². The van der Waals surface area contributed by atoms with Crippen molar-refractivity contribution in [3.8, 4) is 0 Å². The van der Waals surface area contributed by atoms with Gasteiger partial charge in [-0.25, -0.2) is 0 Å². The molecule has 0 unspecified atom stereocenters. The van der Waals surface area contributed by atoms with Crippen LogP contribution in [-0.2, 0) is 9.47 Å². The van der Waals surface area contributed by atoms with Crippen molar-refractivity contribution in [1.29, 1.82) is 0 Å². The molecule has 7 atom stereocenters. The molecule has 4 rings (SSSR count). The van der Waals surface area contributed by atoms with Gasteiger partial charge in [0.2, 0.25) is 0 Å². The lowest BCUT2D eigenvalue weighted by atomic mass is 9.49. The van der Waals surface area contributed by atoms with Crippen molar-refractivity contribution in [2.75, 3.05) is 14.2 Å². The molecule has 0 N–H and O–H groups in total. The third-order valence-electron chi connectivity index (χ3n) is 9.33. The highest BCUT2D eigenvalue weighted by Crippen LogP contribution is 2.65. The zero-order valence-electron chi connectivity index (χ0n) is 17.0. The standard InChI is InChI=1S/C23H38O2/c1-6-17-8-10-21-19-9-7-16-14-23(24-4,25-5)15(2)13-20(16)18(19)11-12-22(17,21)3/h6,15-16,18-21H,7-14H2,1-5H3/t15-,16+,18+,19-,20+,21+,22-/m1/s1. The molecule has 0 radical (unpaired) electrons. The van der Waals surface area contributed by atoms with E-state index in [0.29, 0.717) is 11.3 Å². The highest BCUT2D eigenvalue weighted by Gasteiger charge is 2.57. The van der Waals surface area contributed by atoms with E-state index in [1.807, 2.05) is 14.2 Å². The first-order valence-corrected chi connectivity index (χ1v) is 10.7. The topological polar surface area (TPSA) is 18.5 Å². The van der Waals surface area contributed by atoms with Gasteiger partial charge in [-0.3, -0.25) is 0 Å². The first-order valence-electron chi connectivity index (χ1n) is 10.7. The van der Waals surface area contributed by atoms with Gasteiger partial charge in [-0.05, 0) is 86.9 Å². The molecule has 4 aliphatic carbocycles. The van der Waals surface area contributed by atoms with E-state index in [4.69, 9.17) is 9.47 Å². The van der Waals surface area contributed by atoms with Crippen LogP contribution in [0.4, 0.5) is 0 Å². The average Bonchev–Trinajstić information content (AvgIpc) is 2.97. The van der Waals surface area contributed by atoms with Crippen molar-refractivity contribution < 1.29 is 9.47 Å². The normalized spacial score (nSPS) is 50.2. The third kappa shape index (κ3) is 2.50. The largest absolute Gasteiger partial charge is 0.353 e. The Morgan fingerprint density at radius 3 is 2.44 bits per heavy atom. The Bertz CT molecular complexity index is 534. The van der Waals surface area contributed by atoms with Gasteiger partial charge in [0.05, 0.1) is 0 Å². The van der Waals surface area contributed by atoms with Gasteiger partial charge in [0.25, 0.3) is 0 Å². The Hall–Kier alpha value is -0.340. The van der Waals surface area contributed by atoms with Crippen LogP contribution >= 0.6 is 0 Å². The Morgan fingerprint density at radius 2 is 1.76 bits per heavy atom. The Kier molecular flexibility index (Phi) is 4.60. The second-order valence-electron chi connectivity index (χ2n) is 9.81. The lowest BCUT2D eigenvalue weighted by Crippen LogP contribution is -2.54. The summed E-state index contributed by atoms with van der Waals surface area (Å²) >= 11 is 0. The summed E-state index contributed by atoms with van der Waals surface area (Å²) in [5.74, 6) is 4.78. The fraction of sp³-hybridized carbons (Fsp3) is 0.913. The van der Waals surface area contributed by atoms with Crippen LogP contribution in [0.15, 0.2) is 11.6 Å². The predicted molar refractivity (Wildman–Crippen MR) is 102 cm³/mol. The molecule has 0 saturated heterocycles. The highest BCUT2D eigenvalue weighted by atomic mass is 16.7. The molecular formula is C23H38O2. The predicted octanol–water partition coefficient (Wildman–Crippen LogP) is 5.82.